The molecule has 9 heteroatoms. The van der Waals surface area contributed by atoms with Gasteiger partial charge in [-0.1, -0.05) is 102 Å². The van der Waals surface area contributed by atoms with Gasteiger partial charge in [-0.3, -0.25) is 9.36 Å². The number of aromatic nitrogens is 1. The Kier molecular flexibility index (Phi) is 9.31. The van der Waals surface area contributed by atoms with Crippen LogP contribution in [0.2, 0.25) is 0 Å². The SMILES string of the molecule is CCOC(=O)C1=C(c2ccccc2)N=c2s/c(=C\c3ccc(OCc4cccc5ccccc45)c(OC)c3)c(=O)n2[C@H]1c1ccc(OC)cc1. The Morgan fingerprint density at radius 1 is 0.860 bits per heavy atom. The van der Waals surface area contributed by atoms with Crippen LogP contribution in [0.25, 0.3) is 22.5 Å². The number of benzene rings is 5. The number of thiazole rings is 1. The van der Waals surface area contributed by atoms with Crippen molar-refractivity contribution >= 4 is 39.9 Å². The van der Waals surface area contributed by atoms with Gasteiger partial charge in [0.2, 0.25) is 0 Å². The van der Waals surface area contributed by atoms with Crippen LogP contribution >= 0.6 is 11.3 Å². The molecular formula is C41H34N2O6S. The second-order valence-corrected chi connectivity index (χ2v) is 12.6. The van der Waals surface area contributed by atoms with Crippen molar-refractivity contribution in [3.63, 3.8) is 0 Å². The number of rotatable bonds is 10. The minimum Gasteiger partial charge on any atom is -0.497 e. The summed E-state index contributed by atoms with van der Waals surface area (Å²) in [6.07, 6.45) is 1.81. The number of nitrogens with zero attached hydrogens (tertiary/aromatic N) is 2. The van der Waals surface area contributed by atoms with E-state index >= 15 is 0 Å². The van der Waals surface area contributed by atoms with Gasteiger partial charge < -0.3 is 18.9 Å². The molecule has 0 N–H and O–H groups in total. The molecule has 250 valence electrons. The number of hydrogen-bond acceptors (Lipinski definition) is 8. The van der Waals surface area contributed by atoms with Gasteiger partial charge in [-0.15, -0.1) is 0 Å². The minimum absolute atomic E-state index is 0.174. The van der Waals surface area contributed by atoms with Crippen LogP contribution in [0.3, 0.4) is 0 Å². The quantitative estimate of drug-likeness (QED) is 0.150. The van der Waals surface area contributed by atoms with Crippen molar-refractivity contribution in [3.05, 3.63) is 163 Å². The molecule has 0 saturated carbocycles. The fourth-order valence-corrected chi connectivity index (χ4v) is 7.16. The number of carbonyl (C=O) groups excluding carboxylic acids is 1. The Morgan fingerprint density at radius 2 is 1.62 bits per heavy atom. The molecule has 0 aliphatic carbocycles. The minimum atomic E-state index is -0.784. The summed E-state index contributed by atoms with van der Waals surface area (Å²) in [5, 5.41) is 2.28. The van der Waals surface area contributed by atoms with Crippen LogP contribution in [-0.2, 0) is 16.1 Å². The van der Waals surface area contributed by atoms with Crippen LogP contribution in [0, 0.1) is 0 Å². The number of hydrogen-bond donors (Lipinski definition) is 0. The lowest BCUT2D eigenvalue weighted by molar-refractivity contribution is -0.138. The fourth-order valence-electron chi connectivity index (χ4n) is 6.16. The Bertz CT molecular complexity index is 2410. The van der Waals surface area contributed by atoms with E-state index in [1.54, 1.807) is 25.7 Å². The van der Waals surface area contributed by atoms with E-state index in [2.05, 4.69) is 24.3 Å². The lowest BCUT2D eigenvalue weighted by Gasteiger charge is -2.26. The van der Waals surface area contributed by atoms with Crippen molar-refractivity contribution < 1.29 is 23.7 Å². The van der Waals surface area contributed by atoms with E-state index in [9.17, 15) is 9.59 Å². The topological polar surface area (TPSA) is 88.4 Å². The van der Waals surface area contributed by atoms with E-state index in [0.717, 1.165) is 33.0 Å². The number of methoxy groups -OCH3 is 2. The highest BCUT2D eigenvalue weighted by molar-refractivity contribution is 7.07. The average molecular weight is 683 g/mol. The Balaban J connectivity index is 1.31. The van der Waals surface area contributed by atoms with Gasteiger partial charge in [-0.25, -0.2) is 9.79 Å². The maximum Gasteiger partial charge on any atom is 0.338 e. The smallest absolute Gasteiger partial charge is 0.338 e. The first-order valence-corrected chi connectivity index (χ1v) is 17.0. The molecule has 2 heterocycles. The molecular weight excluding hydrogens is 649 g/mol. The van der Waals surface area contributed by atoms with Gasteiger partial charge >= 0.3 is 5.97 Å². The van der Waals surface area contributed by atoms with Gasteiger partial charge in [0.15, 0.2) is 16.3 Å². The molecule has 0 saturated heterocycles. The third-order valence-electron chi connectivity index (χ3n) is 8.55. The van der Waals surface area contributed by atoms with Gasteiger partial charge in [0, 0.05) is 5.56 Å². The van der Waals surface area contributed by atoms with Crippen molar-refractivity contribution in [3.8, 4) is 17.2 Å². The van der Waals surface area contributed by atoms with E-state index in [4.69, 9.17) is 23.9 Å². The summed E-state index contributed by atoms with van der Waals surface area (Å²) in [4.78, 5) is 33.4. The average Bonchev–Trinajstić information content (AvgIpc) is 3.47. The maximum atomic E-state index is 14.3. The number of ether oxygens (including phenoxy) is 4. The summed E-state index contributed by atoms with van der Waals surface area (Å²) in [7, 11) is 3.18. The van der Waals surface area contributed by atoms with Gasteiger partial charge in [0.25, 0.3) is 5.56 Å². The molecule has 50 heavy (non-hydrogen) atoms. The largest absolute Gasteiger partial charge is 0.497 e. The van der Waals surface area contributed by atoms with Crippen LogP contribution in [0.1, 0.15) is 35.2 Å². The van der Waals surface area contributed by atoms with Gasteiger partial charge in [-0.05, 0) is 64.7 Å². The molecule has 0 spiro atoms. The Labute approximate surface area is 292 Å². The Morgan fingerprint density at radius 3 is 2.38 bits per heavy atom. The van der Waals surface area contributed by atoms with Crippen LogP contribution in [0.5, 0.6) is 17.2 Å². The van der Waals surface area contributed by atoms with E-state index < -0.39 is 12.0 Å². The van der Waals surface area contributed by atoms with Crippen molar-refractivity contribution in [2.75, 3.05) is 20.8 Å². The molecule has 0 bridgehead atoms. The number of carbonyl (C=O) groups is 1. The fraction of sp³-hybridized carbons (Fsp3) is 0.146. The van der Waals surface area contributed by atoms with E-state index in [1.807, 2.05) is 97.1 Å². The van der Waals surface area contributed by atoms with Crippen molar-refractivity contribution in [1.82, 2.24) is 4.57 Å². The highest BCUT2D eigenvalue weighted by Gasteiger charge is 2.35. The van der Waals surface area contributed by atoms with E-state index in [1.165, 1.54) is 11.3 Å². The van der Waals surface area contributed by atoms with Crippen molar-refractivity contribution in [2.24, 2.45) is 4.99 Å². The first-order chi connectivity index (χ1) is 24.5. The molecule has 1 aliphatic rings. The number of esters is 1. The predicted molar refractivity (Wildman–Crippen MR) is 195 cm³/mol. The predicted octanol–water partition coefficient (Wildman–Crippen LogP) is 6.69. The summed E-state index contributed by atoms with van der Waals surface area (Å²) < 4.78 is 24.9. The van der Waals surface area contributed by atoms with Gasteiger partial charge in [-0.2, -0.15) is 0 Å². The molecule has 0 amide bonds. The molecule has 1 aliphatic heterocycles. The molecule has 6 aromatic rings. The Hall–Kier alpha value is -5.93. The normalized spacial score (nSPS) is 14.2. The molecule has 5 aromatic carbocycles. The molecule has 0 fully saturated rings. The van der Waals surface area contributed by atoms with Crippen LogP contribution in [-0.4, -0.2) is 31.4 Å². The lowest BCUT2D eigenvalue weighted by Crippen LogP contribution is -2.40. The maximum absolute atomic E-state index is 14.3. The first-order valence-electron chi connectivity index (χ1n) is 16.2. The molecule has 1 atom stereocenters. The number of fused-ring (bicyclic) bond motifs is 2. The summed E-state index contributed by atoms with van der Waals surface area (Å²) in [6.45, 7) is 2.30. The summed E-state index contributed by atoms with van der Waals surface area (Å²) >= 11 is 1.26. The molecule has 8 nitrogen and oxygen atoms in total. The zero-order valence-corrected chi connectivity index (χ0v) is 28.6. The second kappa shape index (κ2) is 14.3. The van der Waals surface area contributed by atoms with E-state index in [0.29, 0.717) is 38.9 Å². The summed E-state index contributed by atoms with van der Waals surface area (Å²) in [5.74, 6) is 1.25. The van der Waals surface area contributed by atoms with Crippen LogP contribution < -0.4 is 29.1 Å². The van der Waals surface area contributed by atoms with Crippen LogP contribution in [0.4, 0.5) is 0 Å². The molecule has 0 unspecified atom stereocenters. The van der Waals surface area contributed by atoms with E-state index in [-0.39, 0.29) is 17.7 Å². The van der Waals surface area contributed by atoms with Gasteiger partial charge in [0.1, 0.15) is 12.4 Å². The monoisotopic (exact) mass is 682 g/mol. The van der Waals surface area contributed by atoms with Crippen LogP contribution in [0.15, 0.2) is 131 Å². The highest BCUT2D eigenvalue weighted by atomic mass is 32.1. The third kappa shape index (κ3) is 6.31. The first kappa shape index (κ1) is 32.6. The molecule has 1 aromatic heterocycles. The van der Waals surface area contributed by atoms with Crippen molar-refractivity contribution in [1.29, 1.82) is 0 Å². The standard InChI is InChI=1S/C41H34N2O6S/c1-4-48-40(45)36-37(28-12-6-5-7-13-28)42-41-43(38(36)29-18-20-31(46-2)21-19-29)39(44)35(50-41)24-26-17-22-33(34(23-26)47-3)49-25-30-15-10-14-27-11-8-9-16-32(27)30/h5-24,38H,4,25H2,1-3H3/b35-24-/t38-/m0/s1. The summed E-state index contributed by atoms with van der Waals surface area (Å²) in [5.41, 5.74) is 3.76. The molecule has 7 rings (SSSR count). The lowest BCUT2D eigenvalue weighted by atomic mass is 9.93. The highest BCUT2D eigenvalue weighted by Crippen LogP contribution is 2.36. The van der Waals surface area contributed by atoms with Gasteiger partial charge in [0.05, 0.1) is 42.7 Å². The van der Waals surface area contributed by atoms with Crippen molar-refractivity contribution in [2.45, 2.75) is 19.6 Å². The molecule has 0 radical (unpaired) electrons. The zero-order chi connectivity index (χ0) is 34.6. The second-order valence-electron chi connectivity index (χ2n) is 11.5. The summed E-state index contributed by atoms with van der Waals surface area (Å²) in [6, 6.07) is 36.0. The third-order valence-corrected chi connectivity index (χ3v) is 9.54. The zero-order valence-electron chi connectivity index (χ0n) is 27.8.